The molecule has 0 aromatic heterocycles. The number of hydrogen-bond acceptors (Lipinski definition) is 3. The zero-order valence-electron chi connectivity index (χ0n) is 22.3. The number of amides is 1. The van der Waals surface area contributed by atoms with Gasteiger partial charge in [-0.15, -0.1) is 0 Å². The molecule has 0 unspecified atom stereocenters. The number of nitrogens with one attached hydrogen (secondary N) is 1. The third kappa shape index (κ3) is 5.73. The molecule has 1 saturated heterocycles. The third-order valence-corrected chi connectivity index (χ3v) is 9.28. The van der Waals surface area contributed by atoms with Crippen molar-refractivity contribution in [2.24, 2.45) is 0 Å². The monoisotopic (exact) mass is 545 g/mol. The molecule has 4 nitrogen and oxygen atoms in total. The van der Waals surface area contributed by atoms with Crippen LogP contribution < -0.4 is 5.32 Å². The molecule has 2 atom stereocenters. The number of halogens is 4. The summed E-state index contributed by atoms with van der Waals surface area (Å²) in [6.45, 7) is 3.29. The van der Waals surface area contributed by atoms with E-state index in [0.29, 0.717) is 30.0 Å². The number of carbonyl (C=O) groups is 1. The zero-order chi connectivity index (χ0) is 27.1. The molecule has 4 fully saturated rings. The lowest BCUT2D eigenvalue weighted by Gasteiger charge is -2.49. The van der Waals surface area contributed by atoms with Crippen molar-refractivity contribution in [3.63, 3.8) is 0 Å². The van der Waals surface area contributed by atoms with E-state index in [0.717, 1.165) is 56.2 Å². The molecule has 212 valence electrons. The van der Waals surface area contributed by atoms with E-state index < -0.39 is 29.5 Å². The van der Waals surface area contributed by atoms with Crippen molar-refractivity contribution < 1.29 is 23.8 Å². The summed E-state index contributed by atoms with van der Waals surface area (Å²) in [6.07, 6.45) is 6.45. The molecule has 2 aromatic carbocycles. The van der Waals surface area contributed by atoms with Gasteiger partial charge in [0.15, 0.2) is 0 Å². The molecular weight excluding hydrogens is 506 g/mol. The summed E-state index contributed by atoms with van der Waals surface area (Å²) in [4.78, 5) is 18.0. The van der Waals surface area contributed by atoms with Gasteiger partial charge in [0.25, 0.3) is 5.92 Å². The Morgan fingerprint density at radius 1 is 0.923 bits per heavy atom. The highest BCUT2D eigenvalue weighted by Crippen LogP contribution is 2.46. The van der Waals surface area contributed by atoms with Gasteiger partial charge < -0.3 is 5.32 Å². The van der Waals surface area contributed by atoms with Gasteiger partial charge in [0.05, 0.1) is 6.42 Å². The molecule has 1 N–H and O–H groups in total. The molecule has 6 rings (SSSR count). The highest BCUT2D eigenvalue weighted by atomic mass is 19.3. The molecule has 2 aromatic rings. The summed E-state index contributed by atoms with van der Waals surface area (Å²) >= 11 is 0. The Morgan fingerprint density at radius 3 is 2.26 bits per heavy atom. The summed E-state index contributed by atoms with van der Waals surface area (Å²) in [5.74, 6) is -4.51. The quantitative estimate of drug-likeness (QED) is 0.425. The van der Waals surface area contributed by atoms with E-state index in [2.05, 4.69) is 15.1 Å². The Morgan fingerprint density at radius 2 is 1.62 bits per heavy atom. The number of benzene rings is 2. The largest absolute Gasteiger partial charge is 0.345 e. The normalized spacial score (nSPS) is 26.3. The fourth-order valence-corrected chi connectivity index (χ4v) is 6.91. The average Bonchev–Trinajstić information content (AvgIpc) is 3.69. The van der Waals surface area contributed by atoms with Gasteiger partial charge in [-0.25, -0.2) is 17.6 Å². The Labute approximate surface area is 229 Å². The van der Waals surface area contributed by atoms with Crippen LogP contribution >= 0.6 is 0 Å². The summed E-state index contributed by atoms with van der Waals surface area (Å²) in [6, 6.07) is 7.90. The van der Waals surface area contributed by atoms with E-state index in [-0.39, 0.29) is 26.2 Å². The fourth-order valence-electron chi connectivity index (χ4n) is 6.91. The first-order chi connectivity index (χ1) is 18.8. The van der Waals surface area contributed by atoms with Crippen LogP contribution in [0.15, 0.2) is 36.4 Å². The highest BCUT2D eigenvalue weighted by molar-refractivity contribution is 5.81. The van der Waals surface area contributed by atoms with Gasteiger partial charge in [-0.2, -0.15) is 0 Å². The van der Waals surface area contributed by atoms with Crippen LogP contribution in [-0.4, -0.2) is 65.9 Å². The van der Waals surface area contributed by atoms with E-state index in [9.17, 15) is 13.6 Å². The highest BCUT2D eigenvalue weighted by Gasteiger charge is 2.50. The predicted octanol–water partition coefficient (Wildman–Crippen LogP) is 6.14. The second kappa shape index (κ2) is 10.8. The van der Waals surface area contributed by atoms with Gasteiger partial charge in [0, 0.05) is 52.2 Å². The van der Waals surface area contributed by atoms with Crippen molar-refractivity contribution in [1.29, 1.82) is 0 Å². The number of piperazine rings is 1. The molecule has 1 aliphatic heterocycles. The second-order valence-electron chi connectivity index (χ2n) is 11.9. The smallest absolute Gasteiger partial charge is 0.269 e. The van der Waals surface area contributed by atoms with Gasteiger partial charge in [0.1, 0.15) is 17.7 Å². The number of rotatable bonds is 7. The van der Waals surface area contributed by atoms with E-state index in [1.807, 2.05) is 12.1 Å². The van der Waals surface area contributed by atoms with Crippen LogP contribution in [0.5, 0.6) is 0 Å². The van der Waals surface area contributed by atoms with Crippen LogP contribution in [0.1, 0.15) is 69.8 Å². The van der Waals surface area contributed by atoms with E-state index in [1.165, 1.54) is 31.4 Å². The van der Waals surface area contributed by atoms with E-state index in [4.69, 9.17) is 0 Å². The maximum atomic E-state index is 15.3. The minimum absolute atomic E-state index is 0. The first-order valence-electron chi connectivity index (χ1n) is 14.5. The maximum Gasteiger partial charge on any atom is 0.269 e. The minimum Gasteiger partial charge on any atom is -0.345 e. The molecular formula is C31H39F4N3O. The summed E-state index contributed by atoms with van der Waals surface area (Å²) in [5, 5.41) is 2.76. The number of nitrogens with zero attached hydrogens (tertiary/aromatic N) is 2. The molecule has 39 heavy (non-hydrogen) atoms. The predicted molar refractivity (Wildman–Crippen MR) is 145 cm³/mol. The van der Waals surface area contributed by atoms with Crippen molar-refractivity contribution in [2.75, 3.05) is 26.2 Å². The number of hydrogen-bond donors (Lipinski definition) is 1. The standard InChI is InChI=1S/C31H37F4N3O.H2/c32-23-16-22(17-24(33)19-23)26-7-1-4-21(29(26)20-9-10-20)18-28(39)36-30-27(8-3-11-31(30,34)35)38-14-12-37(13-15-38)25-5-2-6-25;/h1,4,7,16-17,19-20,25,27,30H,2-3,5-6,8-15,18H2,(H,36,39);1H/t27-,30+;/m0./s1. The Bertz CT molecular complexity index is 1190. The minimum atomic E-state index is -2.97. The van der Waals surface area contributed by atoms with Crippen LogP contribution in [-0.2, 0) is 11.2 Å². The van der Waals surface area contributed by atoms with Crippen LogP contribution in [0.25, 0.3) is 11.1 Å². The molecule has 1 amide bonds. The fraction of sp³-hybridized carbons (Fsp3) is 0.581. The number of carbonyl (C=O) groups excluding carboxylic acids is 1. The molecule has 3 saturated carbocycles. The van der Waals surface area contributed by atoms with Gasteiger partial charge >= 0.3 is 0 Å². The van der Waals surface area contributed by atoms with Gasteiger partial charge in [-0.1, -0.05) is 24.6 Å². The van der Waals surface area contributed by atoms with Crippen LogP contribution in [0.2, 0.25) is 0 Å². The zero-order valence-corrected chi connectivity index (χ0v) is 22.3. The molecule has 8 heteroatoms. The van der Waals surface area contributed by atoms with Gasteiger partial charge in [0.2, 0.25) is 5.91 Å². The van der Waals surface area contributed by atoms with Crippen molar-refractivity contribution >= 4 is 5.91 Å². The summed E-state index contributed by atoms with van der Waals surface area (Å²) in [7, 11) is 0. The summed E-state index contributed by atoms with van der Waals surface area (Å²) in [5.41, 5.74) is 2.77. The molecule has 0 spiro atoms. The second-order valence-corrected chi connectivity index (χ2v) is 11.9. The summed E-state index contributed by atoms with van der Waals surface area (Å²) < 4.78 is 58.6. The topological polar surface area (TPSA) is 35.6 Å². The Hall–Kier alpha value is -2.45. The first-order valence-corrected chi connectivity index (χ1v) is 14.5. The third-order valence-electron chi connectivity index (χ3n) is 9.28. The van der Waals surface area contributed by atoms with E-state index in [1.54, 1.807) is 6.07 Å². The van der Waals surface area contributed by atoms with Gasteiger partial charge in [-0.3, -0.25) is 14.6 Å². The molecule has 3 aliphatic carbocycles. The van der Waals surface area contributed by atoms with Crippen molar-refractivity contribution in [3.05, 3.63) is 59.2 Å². The first kappa shape index (κ1) is 26.8. The van der Waals surface area contributed by atoms with Crippen molar-refractivity contribution in [1.82, 2.24) is 15.1 Å². The SMILES string of the molecule is O=C(Cc1cccc(-c2cc(F)cc(F)c2)c1C1CC1)N[C@@H]1[C@@H](N2CCN(C3CCC3)CC2)CCCC1(F)F.[HH]. The molecule has 4 aliphatic rings. The van der Waals surface area contributed by atoms with Crippen LogP contribution in [0.3, 0.4) is 0 Å². The lowest BCUT2D eigenvalue weighted by Crippen LogP contribution is -2.65. The van der Waals surface area contributed by atoms with Crippen molar-refractivity contribution in [3.8, 4) is 11.1 Å². The van der Waals surface area contributed by atoms with Crippen molar-refractivity contribution in [2.45, 2.75) is 87.8 Å². The molecule has 0 radical (unpaired) electrons. The maximum absolute atomic E-state index is 15.3. The number of alkyl halides is 2. The molecule has 1 heterocycles. The van der Waals surface area contributed by atoms with Gasteiger partial charge in [-0.05, 0) is 78.8 Å². The average molecular weight is 546 g/mol. The van der Waals surface area contributed by atoms with Crippen LogP contribution in [0.4, 0.5) is 17.6 Å². The lowest BCUT2D eigenvalue weighted by atomic mass is 9.84. The Balaban J connectivity index is 0.00000323. The Kier molecular flexibility index (Phi) is 7.44. The van der Waals surface area contributed by atoms with E-state index >= 15 is 8.78 Å². The van der Waals surface area contributed by atoms with Crippen LogP contribution in [0, 0.1) is 11.6 Å². The molecule has 0 bridgehead atoms. The lowest BCUT2D eigenvalue weighted by molar-refractivity contribution is -0.133.